The van der Waals surface area contributed by atoms with Crippen LogP contribution in [0.5, 0.6) is 0 Å². The molecule has 1 fully saturated rings. The zero-order valence-corrected chi connectivity index (χ0v) is 14.6. The number of benzene rings is 1. The molecule has 1 aromatic carbocycles. The lowest BCUT2D eigenvalue weighted by Gasteiger charge is -2.23. The van der Waals surface area contributed by atoms with E-state index in [0.717, 1.165) is 25.5 Å². The molecule has 1 N–H and O–H groups in total. The Morgan fingerprint density at radius 2 is 2.00 bits per heavy atom. The van der Waals surface area contributed by atoms with E-state index in [1.165, 1.54) is 16.9 Å². The monoisotopic (exact) mass is 307 g/mol. The molecule has 1 aliphatic heterocycles. The maximum absolute atomic E-state index is 5.54. The molecule has 2 atom stereocenters. The molecule has 0 spiro atoms. The number of nitrogens with one attached hydrogen (secondary N) is 1. The van der Waals surface area contributed by atoms with Crippen molar-refractivity contribution in [3.63, 3.8) is 0 Å². The zero-order chi connectivity index (χ0) is 15.3. The van der Waals surface area contributed by atoms with Crippen LogP contribution in [-0.4, -0.2) is 31.6 Å². The van der Waals surface area contributed by atoms with Gasteiger partial charge in [0.1, 0.15) is 0 Å². The van der Waals surface area contributed by atoms with E-state index in [4.69, 9.17) is 4.74 Å². The lowest BCUT2D eigenvalue weighted by Crippen LogP contribution is -2.38. The molecule has 0 aliphatic carbocycles. The Morgan fingerprint density at radius 3 is 2.52 bits per heavy atom. The number of ether oxygens (including phenoxy) is 1. The summed E-state index contributed by atoms with van der Waals surface area (Å²) in [5, 5.41) is 3.63. The minimum absolute atomic E-state index is 0.233. The van der Waals surface area contributed by atoms with Crippen molar-refractivity contribution in [1.82, 2.24) is 5.32 Å². The highest BCUT2D eigenvalue weighted by molar-refractivity contribution is 7.99. The quantitative estimate of drug-likeness (QED) is 0.800. The molecule has 2 unspecified atom stereocenters. The van der Waals surface area contributed by atoms with E-state index >= 15 is 0 Å². The highest BCUT2D eigenvalue weighted by atomic mass is 32.2. The summed E-state index contributed by atoms with van der Waals surface area (Å²) >= 11 is 1.96. The molecule has 0 bridgehead atoms. The highest BCUT2D eigenvalue weighted by Gasteiger charge is 2.25. The second-order valence-corrected chi connectivity index (χ2v) is 7.97. The molecular weight excluding hydrogens is 278 g/mol. The van der Waals surface area contributed by atoms with Gasteiger partial charge < -0.3 is 10.1 Å². The van der Waals surface area contributed by atoms with Crippen LogP contribution in [0.3, 0.4) is 0 Å². The fourth-order valence-corrected chi connectivity index (χ4v) is 3.82. The van der Waals surface area contributed by atoms with Gasteiger partial charge in [0.25, 0.3) is 0 Å². The predicted octanol–water partition coefficient (Wildman–Crippen LogP) is 4.09. The van der Waals surface area contributed by atoms with E-state index in [1.807, 2.05) is 11.8 Å². The Bertz CT molecular complexity index is 418. The molecule has 0 amide bonds. The summed E-state index contributed by atoms with van der Waals surface area (Å²) in [4.78, 5) is 1.37. The van der Waals surface area contributed by atoms with E-state index in [1.54, 1.807) is 0 Å². The maximum atomic E-state index is 5.54. The third-order valence-corrected chi connectivity index (χ3v) is 5.28. The largest absolute Gasteiger partial charge is 0.381 e. The third kappa shape index (κ3) is 5.01. The molecule has 1 aromatic rings. The SMILES string of the molecule is CCNC(CSc1ccc(C(C)(C)C)cc1)C1CCOC1. The molecule has 1 heterocycles. The summed E-state index contributed by atoms with van der Waals surface area (Å²) in [5.41, 5.74) is 1.63. The zero-order valence-electron chi connectivity index (χ0n) is 13.8. The van der Waals surface area contributed by atoms with Gasteiger partial charge in [-0.15, -0.1) is 11.8 Å². The Hall–Kier alpha value is -0.510. The van der Waals surface area contributed by atoms with Crippen LogP contribution in [0.25, 0.3) is 0 Å². The van der Waals surface area contributed by atoms with Crippen molar-refractivity contribution in [3.8, 4) is 0 Å². The Morgan fingerprint density at radius 1 is 1.29 bits per heavy atom. The van der Waals surface area contributed by atoms with Crippen molar-refractivity contribution in [1.29, 1.82) is 0 Å². The molecule has 3 heteroatoms. The number of hydrogen-bond donors (Lipinski definition) is 1. The first kappa shape index (κ1) is 16.9. The molecule has 0 saturated carbocycles. The van der Waals surface area contributed by atoms with E-state index in [0.29, 0.717) is 12.0 Å². The van der Waals surface area contributed by atoms with E-state index in [2.05, 4.69) is 57.3 Å². The number of thioether (sulfide) groups is 1. The summed E-state index contributed by atoms with van der Waals surface area (Å²) in [7, 11) is 0. The Kier molecular flexibility index (Phi) is 6.15. The van der Waals surface area contributed by atoms with Gasteiger partial charge in [0.05, 0.1) is 6.61 Å². The first-order valence-electron chi connectivity index (χ1n) is 8.05. The Balaban J connectivity index is 1.91. The molecule has 2 nitrogen and oxygen atoms in total. The minimum Gasteiger partial charge on any atom is -0.381 e. The standard InChI is InChI=1S/C18H29NOS/c1-5-19-17(14-10-11-20-12-14)13-21-16-8-6-15(7-9-16)18(2,3)4/h6-9,14,17,19H,5,10-13H2,1-4H3. The van der Waals surface area contributed by atoms with Gasteiger partial charge in [-0.25, -0.2) is 0 Å². The van der Waals surface area contributed by atoms with Crippen molar-refractivity contribution in [2.75, 3.05) is 25.5 Å². The smallest absolute Gasteiger partial charge is 0.0510 e. The summed E-state index contributed by atoms with van der Waals surface area (Å²) in [5.74, 6) is 1.79. The summed E-state index contributed by atoms with van der Waals surface area (Å²) in [6.45, 7) is 11.8. The number of hydrogen-bond acceptors (Lipinski definition) is 3. The van der Waals surface area contributed by atoms with Gasteiger partial charge in [0, 0.05) is 29.2 Å². The van der Waals surface area contributed by atoms with Crippen LogP contribution in [0.1, 0.15) is 39.7 Å². The molecule has 0 aromatic heterocycles. The summed E-state index contributed by atoms with van der Waals surface area (Å²) in [6, 6.07) is 9.62. The van der Waals surface area contributed by atoms with Crippen LogP contribution in [0.15, 0.2) is 29.2 Å². The van der Waals surface area contributed by atoms with Gasteiger partial charge in [-0.05, 0) is 36.1 Å². The topological polar surface area (TPSA) is 21.3 Å². The van der Waals surface area contributed by atoms with Crippen LogP contribution in [0.2, 0.25) is 0 Å². The van der Waals surface area contributed by atoms with Crippen LogP contribution in [-0.2, 0) is 10.2 Å². The van der Waals surface area contributed by atoms with Gasteiger partial charge in [-0.3, -0.25) is 0 Å². The molecule has 21 heavy (non-hydrogen) atoms. The van der Waals surface area contributed by atoms with Gasteiger partial charge >= 0.3 is 0 Å². The molecule has 1 aliphatic rings. The lowest BCUT2D eigenvalue weighted by atomic mass is 9.87. The maximum Gasteiger partial charge on any atom is 0.0510 e. The normalized spacial score (nSPS) is 20.7. The highest BCUT2D eigenvalue weighted by Crippen LogP contribution is 2.27. The summed E-state index contributed by atoms with van der Waals surface area (Å²) < 4.78 is 5.54. The Labute approximate surface area is 134 Å². The molecule has 0 radical (unpaired) electrons. The second kappa shape index (κ2) is 7.66. The van der Waals surface area contributed by atoms with Gasteiger partial charge in [-0.2, -0.15) is 0 Å². The second-order valence-electron chi connectivity index (χ2n) is 6.87. The molecule has 2 rings (SSSR count). The van der Waals surface area contributed by atoms with Crippen molar-refractivity contribution in [2.45, 2.75) is 50.5 Å². The van der Waals surface area contributed by atoms with E-state index < -0.39 is 0 Å². The molecule has 118 valence electrons. The fourth-order valence-electron chi connectivity index (χ4n) is 2.73. The van der Waals surface area contributed by atoms with Crippen LogP contribution >= 0.6 is 11.8 Å². The first-order chi connectivity index (χ1) is 10.0. The van der Waals surface area contributed by atoms with Crippen molar-refractivity contribution in [3.05, 3.63) is 29.8 Å². The van der Waals surface area contributed by atoms with Crippen molar-refractivity contribution >= 4 is 11.8 Å². The summed E-state index contributed by atoms with van der Waals surface area (Å²) in [6.07, 6.45) is 1.20. The predicted molar refractivity (Wildman–Crippen MR) is 92.3 cm³/mol. The molecular formula is C18H29NOS. The average Bonchev–Trinajstić information content (AvgIpc) is 2.97. The van der Waals surface area contributed by atoms with Gasteiger partial charge in [0.15, 0.2) is 0 Å². The van der Waals surface area contributed by atoms with Crippen LogP contribution in [0, 0.1) is 5.92 Å². The number of rotatable bonds is 6. The van der Waals surface area contributed by atoms with Crippen LogP contribution < -0.4 is 5.32 Å². The van der Waals surface area contributed by atoms with Crippen LogP contribution in [0.4, 0.5) is 0 Å². The first-order valence-corrected chi connectivity index (χ1v) is 9.03. The fraction of sp³-hybridized carbons (Fsp3) is 0.667. The van der Waals surface area contributed by atoms with Crippen molar-refractivity contribution in [2.24, 2.45) is 5.92 Å². The lowest BCUT2D eigenvalue weighted by molar-refractivity contribution is 0.179. The van der Waals surface area contributed by atoms with Gasteiger partial charge in [0.2, 0.25) is 0 Å². The van der Waals surface area contributed by atoms with E-state index in [-0.39, 0.29) is 5.41 Å². The third-order valence-electron chi connectivity index (χ3n) is 4.15. The average molecular weight is 308 g/mol. The van der Waals surface area contributed by atoms with Gasteiger partial charge in [-0.1, -0.05) is 39.8 Å². The molecule has 1 saturated heterocycles. The minimum atomic E-state index is 0.233. The van der Waals surface area contributed by atoms with E-state index in [9.17, 15) is 0 Å². The van der Waals surface area contributed by atoms with Crippen molar-refractivity contribution < 1.29 is 4.74 Å².